The lowest BCUT2D eigenvalue weighted by atomic mass is 9.61. The number of nitrogens with two attached hydrogens (primary N) is 2. The summed E-state index contributed by atoms with van der Waals surface area (Å²) in [5.74, 6) is 6.02. The van der Waals surface area contributed by atoms with Gasteiger partial charge >= 0.3 is 10.3 Å². The first-order valence-electron chi connectivity index (χ1n) is 10.3. The van der Waals surface area contributed by atoms with Crippen LogP contribution in [0.3, 0.4) is 0 Å². The van der Waals surface area contributed by atoms with E-state index >= 15 is 0 Å². The number of fused-ring (bicyclic) bond motifs is 5. The fraction of sp³-hybridized carbons (Fsp3) is 0.700. The number of allylic oxidation sites excluding steroid dienone is 2. The summed E-state index contributed by atoms with van der Waals surface area (Å²) in [7, 11) is -0.981. The highest BCUT2D eigenvalue weighted by molar-refractivity contribution is 7.84. The van der Waals surface area contributed by atoms with E-state index in [0.717, 1.165) is 30.4 Å². The van der Waals surface area contributed by atoms with E-state index in [-0.39, 0.29) is 35.3 Å². The molecule has 0 aromatic heterocycles. The second-order valence-electron chi connectivity index (χ2n) is 8.39. The maximum Gasteiger partial charge on any atom is 0.354 e. The van der Waals surface area contributed by atoms with Crippen LogP contribution in [-0.2, 0) is 19.4 Å². The predicted molar refractivity (Wildman–Crippen MR) is 117 cm³/mol. The van der Waals surface area contributed by atoms with Gasteiger partial charge in [0.2, 0.25) is 0 Å². The molecule has 0 spiro atoms. The van der Waals surface area contributed by atoms with E-state index in [2.05, 4.69) is 35.2 Å². The molecule has 1 saturated carbocycles. The second kappa shape index (κ2) is 10.1. The van der Waals surface area contributed by atoms with E-state index < -0.39 is 16.2 Å². The van der Waals surface area contributed by atoms with Gasteiger partial charge in [0.1, 0.15) is 11.6 Å². The van der Waals surface area contributed by atoms with Gasteiger partial charge in [-0.25, -0.2) is 15.6 Å². The van der Waals surface area contributed by atoms with Crippen LogP contribution in [-0.4, -0.2) is 45.7 Å². The van der Waals surface area contributed by atoms with Crippen LogP contribution >= 0.6 is 0 Å². The molecule has 5 atom stereocenters. The molecule has 3 aliphatic carbocycles. The van der Waals surface area contributed by atoms with E-state index in [1.54, 1.807) is 12.1 Å². The van der Waals surface area contributed by atoms with Crippen LogP contribution in [0.4, 0.5) is 0 Å². The van der Waals surface area contributed by atoms with E-state index in [1.165, 1.54) is 7.05 Å². The number of aliphatic imine (C=N–C) groups is 1. The Morgan fingerprint density at radius 1 is 1.43 bits per heavy atom. The third-order valence-corrected chi connectivity index (χ3v) is 6.73. The largest absolute Gasteiger partial charge is 0.354 e. The molecular weight excluding hydrogens is 406 g/mol. The van der Waals surface area contributed by atoms with Crippen molar-refractivity contribution in [3.63, 3.8) is 0 Å². The van der Waals surface area contributed by atoms with Crippen molar-refractivity contribution in [2.75, 3.05) is 20.6 Å². The number of ketones is 1. The minimum absolute atomic E-state index is 0.0836. The summed E-state index contributed by atoms with van der Waals surface area (Å²) in [6.45, 7) is 8.62. The zero-order chi connectivity index (χ0) is 22.6. The van der Waals surface area contributed by atoms with Crippen molar-refractivity contribution < 1.29 is 17.5 Å². The van der Waals surface area contributed by atoms with Gasteiger partial charge in [-0.1, -0.05) is 32.9 Å². The molecule has 0 saturated heterocycles. The van der Waals surface area contributed by atoms with Gasteiger partial charge in [-0.3, -0.25) is 15.6 Å². The van der Waals surface area contributed by atoms with Crippen LogP contribution in [0.25, 0.3) is 0 Å². The van der Waals surface area contributed by atoms with Crippen molar-refractivity contribution >= 4 is 21.9 Å². The van der Waals surface area contributed by atoms with Crippen molar-refractivity contribution in [1.29, 1.82) is 0 Å². The number of hydrazine groups is 1. The van der Waals surface area contributed by atoms with Gasteiger partial charge in [0, 0.05) is 33.0 Å². The van der Waals surface area contributed by atoms with E-state index in [0.29, 0.717) is 13.0 Å². The standard InChI is InChI=1S/C20H35N5O4S/c1-6-13-10-17(26)18-12(3)8-9-15(13)14(7-2)16(11-25(5)21)19(18)20(23-4)24-29-30(22,27)28/h7,12-13,15,18-19H,2,6,8-11,21H2,1,3-5H3,(H,23,24)(H2,22,27,28)/b16-14-/t12?,13?,15?,18-,19+/m0/s1. The first kappa shape index (κ1) is 24.7. The molecule has 10 heteroatoms. The van der Waals surface area contributed by atoms with E-state index in [1.807, 2.05) is 6.08 Å². The summed E-state index contributed by atoms with van der Waals surface area (Å²) >= 11 is 0. The number of nitrogens with one attached hydrogen (secondary N) is 1. The van der Waals surface area contributed by atoms with Gasteiger partial charge in [-0.05, 0) is 41.7 Å². The molecule has 3 rings (SSSR count). The van der Waals surface area contributed by atoms with Crippen molar-refractivity contribution in [3.05, 3.63) is 23.8 Å². The molecule has 1 fully saturated rings. The Balaban J connectivity index is 2.74. The Bertz CT molecular complexity index is 821. The monoisotopic (exact) mass is 441 g/mol. The number of likely N-dealkylation sites (N-methyl/N-ethyl adjacent to an activating group) is 1. The van der Waals surface area contributed by atoms with Gasteiger partial charge in [-0.15, -0.1) is 4.28 Å². The normalized spacial score (nSPS) is 33.2. The molecule has 5 N–H and O–H groups in total. The van der Waals surface area contributed by atoms with Crippen LogP contribution in [0, 0.1) is 29.6 Å². The van der Waals surface area contributed by atoms with Crippen LogP contribution in [0.2, 0.25) is 0 Å². The molecule has 170 valence electrons. The summed E-state index contributed by atoms with van der Waals surface area (Å²) in [4.78, 5) is 17.7. The lowest BCUT2D eigenvalue weighted by molar-refractivity contribution is -0.127. The maximum atomic E-state index is 13.5. The van der Waals surface area contributed by atoms with Crippen molar-refractivity contribution in [1.82, 2.24) is 10.5 Å². The third kappa shape index (κ3) is 5.55. The number of carbonyl (C=O) groups excluding carboxylic acids is 1. The molecule has 0 radical (unpaired) electrons. The van der Waals surface area contributed by atoms with Crippen LogP contribution in [0.1, 0.15) is 39.5 Å². The minimum atomic E-state index is -4.25. The Labute approximate surface area is 179 Å². The number of Topliss-reactive ketones (excluding diaryl/α,β-unsaturated/α-hetero) is 1. The van der Waals surface area contributed by atoms with Crippen LogP contribution in [0.15, 0.2) is 28.8 Å². The third-order valence-electron chi connectivity index (χ3n) is 6.42. The van der Waals surface area contributed by atoms with Gasteiger partial charge in [0.05, 0.1) is 5.92 Å². The molecule has 2 bridgehead atoms. The molecule has 3 unspecified atom stereocenters. The molecule has 9 nitrogen and oxygen atoms in total. The quantitative estimate of drug-likeness (QED) is 0.234. The first-order valence-corrected chi connectivity index (χ1v) is 11.8. The average Bonchev–Trinajstić information content (AvgIpc) is 2.64. The summed E-state index contributed by atoms with van der Waals surface area (Å²) in [6.07, 6.45) is 5.07. The van der Waals surface area contributed by atoms with Crippen LogP contribution in [0.5, 0.6) is 0 Å². The zero-order valence-electron chi connectivity index (χ0n) is 18.3. The van der Waals surface area contributed by atoms with Crippen molar-refractivity contribution in [3.8, 4) is 0 Å². The summed E-state index contributed by atoms with van der Waals surface area (Å²) < 4.78 is 27.4. The predicted octanol–water partition coefficient (Wildman–Crippen LogP) is 1.31. The lowest BCUT2D eigenvalue weighted by Crippen LogP contribution is -2.48. The average molecular weight is 442 g/mol. The molecule has 0 aliphatic heterocycles. The number of nitrogens with zero attached hydrogens (tertiary/aromatic N) is 2. The molecule has 0 aromatic rings. The zero-order valence-corrected chi connectivity index (χ0v) is 19.1. The SMILES string of the molecule is C=C/C1=C(\CN(C)N)[C@@H](C(=NC)NOS(N)(=O)=O)[C@@H]2C(=O)CC(CC)C1CCC2C. The summed E-state index contributed by atoms with van der Waals surface area (Å²) in [5.41, 5.74) is 4.38. The fourth-order valence-electron chi connectivity index (χ4n) is 5.12. The molecule has 0 aromatic carbocycles. The number of rotatable bonds is 7. The van der Waals surface area contributed by atoms with Crippen molar-refractivity contribution in [2.45, 2.75) is 39.5 Å². The highest BCUT2D eigenvalue weighted by Gasteiger charge is 2.45. The lowest BCUT2D eigenvalue weighted by Gasteiger charge is -2.44. The highest BCUT2D eigenvalue weighted by atomic mass is 32.2. The Morgan fingerprint density at radius 3 is 2.60 bits per heavy atom. The molecular formula is C20H35N5O4S. The summed E-state index contributed by atoms with van der Waals surface area (Å²) in [5, 5.41) is 6.54. The number of hydrogen-bond acceptors (Lipinski definition) is 7. The Morgan fingerprint density at radius 2 is 2.10 bits per heavy atom. The Hall–Kier alpha value is -1.59. The second-order valence-corrected chi connectivity index (χ2v) is 9.54. The number of hydrogen-bond donors (Lipinski definition) is 3. The molecule has 0 amide bonds. The first-order chi connectivity index (χ1) is 14.0. The van der Waals surface area contributed by atoms with Crippen molar-refractivity contribution in [2.24, 2.45) is 45.6 Å². The fourth-order valence-corrected chi connectivity index (χ4v) is 5.33. The summed E-state index contributed by atoms with van der Waals surface area (Å²) in [6, 6.07) is 0. The molecule has 0 heterocycles. The van der Waals surface area contributed by atoms with Gasteiger partial charge in [0.25, 0.3) is 0 Å². The number of hydroxylamine groups is 1. The topological polar surface area (TPSA) is 140 Å². The van der Waals surface area contributed by atoms with Gasteiger partial charge in [0.15, 0.2) is 0 Å². The number of amidine groups is 1. The molecule has 3 aliphatic rings. The van der Waals surface area contributed by atoms with E-state index in [9.17, 15) is 13.2 Å². The van der Waals surface area contributed by atoms with Gasteiger partial charge in [-0.2, -0.15) is 8.42 Å². The molecule has 30 heavy (non-hydrogen) atoms. The number of carbonyl (C=O) groups is 1. The smallest absolute Gasteiger partial charge is 0.299 e. The van der Waals surface area contributed by atoms with Gasteiger partial charge < -0.3 is 0 Å². The minimum Gasteiger partial charge on any atom is -0.299 e. The van der Waals surface area contributed by atoms with E-state index in [4.69, 9.17) is 11.0 Å². The Kier molecular flexibility index (Phi) is 8.35. The highest BCUT2D eigenvalue weighted by Crippen LogP contribution is 2.47. The van der Waals surface area contributed by atoms with Crippen LogP contribution < -0.4 is 16.5 Å². The maximum absolute atomic E-state index is 13.5.